The predicted molar refractivity (Wildman–Crippen MR) is 82.8 cm³/mol. The Bertz CT molecular complexity index is 223. The van der Waals surface area contributed by atoms with Crippen molar-refractivity contribution in [1.29, 1.82) is 0 Å². The van der Waals surface area contributed by atoms with Crippen molar-refractivity contribution < 1.29 is 34.8 Å². The van der Waals surface area contributed by atoms with E-state index in [1.54, 1.807) is 20.8 Å². The summed E-state index contributed by atoms with van der Waals surface area (Å²) < 4.78 is 0. The molecule has 0 heterocycles. The number of carboxylic acids is 3. The average molecular weight is 326 g/mol. The summed E-state index contributed by atoms with van der Waals surface area (Å²) in [4.78, 5) is 28.1. The first kappa shape index (κ1) is 28.5. The molecule has 0 aromatic carbocycles. The molecule has 9 heteroatoms. The minimum absolute atomic E-state index is 0.194. The molecule has 0 amide bonds. The van der Waals surface area contributed by atoms with Crippen LogP contribution in [0, 0.1) is 0 Å². The lowest BCUT2D eigenvalue weighted by Crippen LogP contribution is -2.24. The van der Waals surface area contributed by atoms with Crippen LogP contribution < -0.4 is 11.1 Å². The van der Waals surface area contributed by atoms with Crippen molar-refractivity contribution in [2.24, 2.45) is 5.73 Å². The fraction of sp³-hybridized carbons (Fsp3) is 0.769. The van der Waals surface area contributed by atoms with Gasteiger partial charge in [-0.25, -0.2) is 0 Å². The van der Waals surface area contributed by atoms with Gasteiger partial charge < -0.3 is 31.5 Å². The molecule has 22 heavy (non-hydrogen) atoms. The Morgan fingerprint density at radius 1 is 0.818 bits per heavy atom. The van der Waals surface area contributed by atoms with Gasteiger partial charge in [-0.15, -0.1) is 0 Å². The first-order valence-corrected chi connectivity index (χ1v) is 6.90. The van der Waals surface area contributed by atoms with Crippen molar-refractivity contribution in [2.45, 2.75) is 40.0 Å². The number of aliphatic hydroxyl groups excluding tert-OH is 1. The number of rotatable bonds is 7. The molecule has 0 saturated heterocycles. The third kappa shape index (κ3) is 79.6. The highest BCUT2D eigenvalue weighted by Crippen LogP contribution is 1.68. The van der Waals surface area contributed by atoms with Gasteiger partial charge in [-0.05, 0) is 0 Å². The zero-order chi connectivity index (χ0) is 18.4. The molecular weight excluding hydrogens is 296 g/mol. The third-order valence-corrected chi connectivity index (χ3v) is 1.52. The van der Waals surface area contributed by atoms with Gasteiger partial charge in [0, 0.05) is 38.9 Å². The van der Waals surface area contributed by atoms with E-state index in [9.17, 15) is 14.4 Å². The molecule has 0 spiro atoms. The molecule has 0 aromatic rings. The topological polar surface area (TPSA) is 170 Å². The van der Waals surface area contributed by atoms with Crippen LogP contribution in [0.15, 0.2) is 0 Å². The van der Waals surface area contributed by atoms with Gasteiger partial charge in [-0.2, -0.15) is 0 Å². The second kappa shape index (κ2) is 27.6. The van der Waals surface area contributed by atoms with Crippen molar-refractivity contribution >= 4 is 17.9 Å². The molecule has 0 fully saturated rings. The van der Waals surface area contributed by atoms with E-state index in [1.165, 1.54) is 0 Å². The number of aliphatic carboxylic acids is 3. The Morgan fingerprint density at radius 2 is 1.09 bits per heavy atom. The highest BCUT2D eigenvalue weighted by atomic mass is 16.4. The molecule has 0 radical (unpaired) electrons. The van der Waals surface area contributed by atoms with Gasteiger partial charge in [0.05, 0.1) is 6.61 Å². The van der Waals surface area contributed by atoms with Crippen LogP contribution in [-0.2, 0) is 14.4 Å². The van der Waals surface area contributed by atoms with E-state index in [-0.39, 0.29) is 25.9 Å². The van der Waals surface area contributed by atoms with Crippen LogP contribution in [-0.4, -0.2) is 64.6 Å². The predicted octanol–water partition coefficient (Wildman–Crippen LogP) is -0.0300. The average Bonchev–Trinajstić information content (AvgIpc) is 2.49. The number of nitrogens with two attached hydrogens (primary N) is 1. The van der Waals surface area contributed by atoms with Crippen molar-refractivity contribution in [3.05, 3.63) is 0 Å². The first-order valence-electron chi connectivity index (χ1n) is 6.90. The van der Waals surface area contributed by atoms with E-state index in [1.807, 2.05) is 0 Å². The number of aliphatic hydroxyl groups is 1. The van der Waals surface area contributed by atoms with Crippen LogP contribution in [0.5, 0.6) is 0 Å². The van der Waals surface area contributed by atoms with E-state index in [0.717, 1.165) is 6.54 Å². The second-order valence-corrected chi connectivity index (χ2v) is 3.50. The van der Waals surface area contributed by atoms with Crippen LogP contribution in [0.25, 0.3) is 0 Å². The quantitative estimate of drug-likeness (QED) is 0.351. The minimum Gasteiger partial charge on any atom is -0.481 e. The number of carboxylic acid groups (broad SMARTS) is 3. The number of hydrogen-bond acceptors (Lipinski definition) is 6. The van der Waals surface area contributed by atoms with E-state index in [2.05, 4.69) is 5.32 Å². The lowest BCUT2D eigenvalue weighted by Gasteiger charge is -1.95. The smallest absolute Gasteiger partial charge is 0.303 e. The summed E-state index contributed by atoms with van der Waals surface area (Å²) in [6.45, 7) is 7.07. The number of nitrogens with one attached hydrogen (secondary N) is 1. The molecule has 9 nitrogen and oxygen atoms in total. The van der Waals surface area contributed by atoms with Crippen LogP contribution in [0.3, 0.4) is 0 Å². The number of carbonyl (C=O) groups is 3. The lowest BCUT2D eigenvalue weighted by molar-refractivity contribution is -0.137. The lowest BCUT2D eigenvalue weighted by atomic mass is 10.5. The summed E-state index contributed by atoms with van der Waals surface area (Å²) in [5, 5.41) is 34.3. The Morgan fingerprint density at radius 3 is 1.23 bits per heavy atom. The molecular formula is C13H30N2O7. The fourth-order valence-corrected chi connectivity index (χ4v) is 0.306. The van der Waals surface area contributed by atoms with Crippen molar-refractivity contribution in [3.63, 3.8) is 0 Å². The summed E-state index contributed by atoms with van der Waals surface area (Å²) in [6, 6.07) is 0. The molecule has 0 aromatic heterocycles. The van der Waals surface area contributed by atoms with E-state index in [0.29, 0.717) is 13.1 Å². The maximum Gasteiger partial charge on any atom is 0.303 e. The van der Waals surface area contributed by atoms with Crippen molar-refractivity contribution in [1.82, 2.24) is 5.32 Å². The highest BCUT2D eigenvalue weighted by Gasteiger charge is 1.81. The van der Waals surface area contributed by atoms with E-state index >= 15 is 0 Å². The van der Waals surface area contributed by atoms with Crippen molar-refractivity contribution in [2.75, 3.05) is 26.2 Å². The molecule has 0 aliphatic rings. The van der Waals surface area contributed by atoms with Gasteiger partial charge in [0.25, 0.3) is 0 Å². The maximum atomic E-state index is 9.37. The minimum atomic E-state index is -0.745. The Kier molecular flexibility index (Phi) is 35.7. The monoisotopic (exact) mass is 326 g/mol. The van der Waals surface area contributed by atoms with Gasteiger partial charge in [0.1, 0.15) is 0 Å². The first-order chi connectivity index (χ1) is 10.2. The normalized spacial score (nSPS) is 8.05. The Balaban J connectivity index is -0.0000000995. The van der Waals surface area contributed by atoms with Crippen LogP contribution in [0.4, 0.5) is 0 Å². The summed E-state index contributed by atoms with van der Waals surface area (Å²) in [7, 11) is 0. The van der Waals surface area contributed by atoms with E-state index < -0.39 is 17.9 Å². The SMILES string of the molecule is CCC(=O)O.CCC(=O)O.CCC(=O)O.NCCNCCO. The third-order valence-electron chi connectivity index (χ3n) is 1.52. The summed E-state index contributed by atoms with van der Waals surface area (Å²) in [6.07, 6.45) is 0.667. The largest absolute Gasteiger partial charge is 0.481 e. The molecule has 0 rings (SSSR count). The second-order valence-electron chi connectivity index (χ2n) is 3.50. The van der Waals surface area contributed by atoms with Gasteiger partial charge in [0.2, 0.25) is 0 Å². The van der Waals surface area contributed by atoms with Crippen LogP contribution >= 0.6 is 0 Å². The maximum absolute atomic E-state index is 9.37. The molecule has 0 unspecified atom stereocenters. The highest BCUT2D eigenvalue weighted by molar-refractivity contribution is 5.66. The Hall–Kier alpha value is -1.71. The molecule has 0 bridgehead atoms. The zero-order valence-electron chi connectivity index (χ0n) is 13.5. The number of hydrogen-bond donors (Lipinski definition) is 6. The summed E-state index contributed by atoms with van der Waals surface area (Å²) >= 11 is 0. The van der Waals surface area contributed by atoms with Crippen molar-refractivity contribution in [3.8, 4) is 0 Å². The molecule has 0 aliphatic heterocycles. The Labute approximate surface area is 131 Å². The van der Waals surface area contributed by atoms with Crippen LogP contribution in [0.2, 0.25) is 0 Å². The molecule has 134 valence electrons. The van der Waals surface area contributed by atoms with E-state index in [4.69, 9.17) is 26.2 Å². The molecule has 0 atom stereocenters. The van der Waals surface area contributed by atoms with Crippen LogP contribution in [0.1, 0.15) is 40.0 Å². The van der Waals surface area contributed by atoms with Gasteiger partial charge in [-0.3, -0.25) is 14.4 Å². The molecule has 0 saturated carbocycles. The van der Waals surface area contributed by atoms with Gasteiger partial charge in [0.15, 0.2) is 0 Å². The van der Waals surface area contributed by atoms with Gasteiger partial charge >= 0.3 is 17.9 Å². The van der Waals surface area contributed by atoms with Gasteiger partial charge in [-0.1, -0.05) is 20.8 Å². The standard InChI is InChI=1S/C4H12N2O.3C3H6O2/c5-1-2-6-3-4-7;3*1-2-3(4)5/h6-7H,1-5H2;3*2H2,1H3,(H,4,5). The summed E-state index contributed by atoms with van der Waals surface area (Å²) in [5.74, 6) is -2.24. The molecule has 0 aliphatic carbocycles. The summed E-state index contributed by atoms with van der Waals surface area (Å²) in [5.41, 5.74) is 5.13. The fourth-order valence-electron chi connectivity index (χ4n) is 0.306. The molecule has 7 N–H and O–H groups in total. The zero-order valence-corrected chi connectivity index (χ0v) is 13.5.